The van der Waals surface area contributed by atoms with Crippen molar-refractivity contribution in [3.05, 3.63) is 95.9 Å². The third-order valence-electron chi connectivity index (χ3n) is 5.87. The van der Waals surface area contributed by atoms with E-state index in [1.54, 1.807) is 30.5 Å². The van der Waals surface area contributed by atoms with Gasteiger partial charge in [0, 0.05) is 30.2 Å². The minimum atomic E-state index is -0.237. The summed E-state index contributed by atoms with van der Waals surface area (Å²) < 4.78 is 2.05. The average molecular weight is 493 g/mol. The Bertz CT molecular complexity index is 1570. The molecule has 0 aliphatic carbocycles. The number of para-hydroxylation sites is 2. The van der Waals surface area contributed by atoms with E-state index in [9.17, 15) is 4.79 Å². The van der Waals surface area contributed by atoms with Gasteiger partial charge in [-0.15, -0.1) is 0 Å². The minimum Gasteiger partial charge on any atom is -0.397 e. The van der Waals surface area contributed by atoms with Crippen molar-refractivity contribution < 1.29 is 4.79 Å². The van der Waals surface area contributed by atoms with Gasteiger partial charge in [0.05, 0.1) is 28.5 Å². The lowest BCUT2D eigenvalue weighted by atomic mass is 10.2. The number of nitrogens with zero attached hydrogens (tertiary/aromatic N) is 5. The van der Waals surface area contributed by atoms with Crippen molar-refractivity contribution in [1.29, 1.82) is 0 Å². The summed E-state index contributed by atoms with van der Waals surface area (Å²) in [5.41, 5.74) is 12.9. The number of benzene rings is 2. The standard InChI is InChI=1S/C28H28N8O/c1-18-26(36-15-13-19(17-35(2)3)16-25(36)31-18)24-12-14-30-28(34-24)32-21-10-8-20(9-11-21)27(37)33-23-7-5-4-6-22(23)29/h4-16H,17,29H2,1-3H3,(H,33,37)(H,30,32,34). The summed E-state index contributed by atoms with van der Waals surface area (Å²) in [6.07, 6.45) is 3.75. The predicted molar refractivity (Wildman–Crippen MR) is 147 cm³/mol. The van der Waals surface area contributed by atoms with Crippen LogP contribution in [0.4, 0.5) is 23.0 Å². The number of amides is 1. The van der Waals surface area contributed by atoms with E-state index in [-0.39, 0.29) is 5.91 Å². The number of nitrogen functional groups attached to an aromatic ring is 1. The quantitative estimate of drug-likeness (QED) is 0.281. The second-order valence-corrected chi connectivity index (χ2v) is 9.06. The lowest BCUT2D eigenvalue weighted by Crippen LogP contribution is -2.13. The molecule has 0 unspecified atom stereocenters. The Labute approximate surface area is 215 Å². The number of aryl methyl sites for hydroxylation is 1. The van der Waals surface area contributed by atoms with Crippen molar-refractivity contribution in [1.82, 2.24) is 24.3 Å². The Hall–Kier alpha value is -4.76. The van der Waals surface area contributed by atoms with Crippen LogP contribution in [0.5, 0.6) is 0 Å². The molecule has 3 heterocycles. The van der Waals surface area contributed by atoms with Crippen LogP contribution >= 0.6 is 0 Å². The van der Waals surface area contributed by atoms with Crippen molar-refractivity contribution in [2.24, 2.45) is 0 Å². The van der Waals surface area contributed by atoms with Crippen LogP contribution in [0.2, 0.25) is 0 Å². The molecule has 9 heteroatoms. The van der Waals surface area contributed by atoms with Crippen molar-refractivity contribution >= 4 is 34.6 Å². The molecule has 0 fully saturated rings. The number of carbonyl (C=O) groups excluding carboxylic acids is 1. The van der Waals surface area contributed by atoms with E-state index in [0.29, 0.717) is 22.9 Å². The van der Waals surface area contributed by atoms with E-state index in [1.165, 1.54) is 5.56 Å². The molecule has 0 atom stereocenters. The van der Waals surface area contributed by atoms with Gasteiger partial charge in [0.25, 0.3) is 5.91 Å². The summed E-state index contributed by atoms with van der Waals surface area (Å²) in [7, 11) is 4.09. The predicted octanol–water partition coefficient (Wildman–Crippen LogP) is 4.74. The number of hydrogen-bond donors (Lipinski definition) is 3. The molecule has 0 aliphatic rings. The van der Waals surface area contributed by atoms with E-state index in [4.69, 9.17) is 15.7 Å². The van der Waals surface area contributed by atoms with Crippen LogP contribution in [0.25, 0.3) is 17.0 Å². The molecule has 2 aromatic carbocycles. The molecule has 0 saturated heterocycles. The summed E-state index contributed by atoms with van der Waals surface area (Å²) in [6.45, 7) is 2.83. The summed E-state index contributed by atoms with van der Waals surface area (Å²) in [6, 6.07) is 20.3. The van der Waals surface area contributed by atoms with Crippen LogP contribution in [0.15, 0.2) is 79.1 Å². The second-order valence-electron chi connectivity index (χ2n) is 9.06. The number of pyridine rings is 1. The molecule has 5 rings (SSSR count). The smallest absolute Gasteiger partial charge is 0.255 e. The molecule has 5 aromatic rings. The zero-order chi connectivity index (χ0) is 25.9. The van der Waals surface area contributed by atoms with Crippen LogP contribution in [0.3, 0.4) is 0 Å². The van der Waals surface area contributed by atoms with E-state index < -0.39 is 0 Å². The molecule has 186 valence electrons. The highest BCUT2D eigenvalue weighted by Gasteiger charge is 2.14. The molecule has 0 radical (unpaired) electrons. The Balaban J connectivity index is 1.34. The molecule has 0 spiro atoms. The fraction of sp³-hybridized carbons (Fsp3) is 0.143. The fourth-order valence-corrected chi connectivity index (χ4v) is 4.17. The van der Waals surface area contributed by atoms with Gasteiger partial charge in [0.15, 0.2) is 0 Å². The maximum Gasteiger partial charge on any atom is 0.255 e. The molecule has 9 nitrogen and oxygen atoms in total. The highest BCUT2D eigenvalue weighted by Crippen LogP contribution is 2.25. The number of imidazole rings is 1. The minimum absolute atomic E-state index is 0.237. The highest BCUT2D eigenvalue weighted by atomic mass is 16.1. The van der Waals surface area contributed by atoms with Crippen LogP contribution in [0, 0.1) is 6.92 Å². The molecule has 37 heavy (non-hydrogen) atoms. The van der Waals surface area contributed by atoms with Crippen molar-refractivity contribution in [3.63, 3.8) is 0 Å². The first-order chi connectivity index (χ1) is 17.9. The third-order valence-corrected chi connectivity index (χ3v) is 5.87. The second kappa shape index (κ2) is 10.1. The largest absolute Gasteiger partial charge is 0.397 e. The lowest BCUT2D eigenvalue weighted by molar-refractivity contribution is 0.102. The van der Waals surface area contributed by atoms with Gasteiger partial charge in [-0.1, -0.05) is 12.1 Å². The van der Waals surface area contributed by atoms with E-state index >= 15 is 0 Å². The first-order valence-electron chi connectivity index (χ1n) is 11.9. The molecule has 0 aliphatic heterocycles. The van der Waals surface area contributed by atoms with Crippen LogP contribution < -0.4 is 16.4 Å². The number of nitrogens with one attached hydrogen (secondary N) is 2. The van der Waals surface area contributed by atoms with Crippen LogP contribution in [-0.4, -0.2) is 44.3 Å². The zero-order valence-electron chi connectivity index (χ0n) is 20.9. The number of fused-ring (bicyclic) bond motifs is 1. The average Bonchev–Trinajstić information content (AvgIpc) is 3.20. The topological polar surface area (TPSA) is 113 Å². The number of nitrogens with two attached hydrogens (primary N) is 1. The van der Waals surface area contributed by atoms with Gasteiger partial charge in [-0.3, -0.25) is 9.20 Å². The van der Waals surface area contributed by atoms with E-state index in [0.717, 1.165) is 35.0 Å². The number of hydrogen-bond acceptors (Lipinski definition) is 7. The normalized spacial score (nSPS) is 11.1. The summed E-state index contributed by atoms with van der Waals surface area (Å²) >= 11 is 0. The van der Waals surface area contributed by atoms with Crippen LogP contribution in [0.1, 0.15) is 21.6 Å². The summed E-state index contributed by atoms with van der Waals surface area (Å²) in [4.78, 5) is 28.6. The van der Waals surface area contributed by atoms with E-state index in [2.05, 4.69) is 32.7 Å². The molecule has 3 aromatic heterocycles. The zero-order valence-corrected chi connectivity index (χ0v) is 20.9. The Morgan fingerprint density at radius 3 is 2.57 bits per heavy atom. The molecule has 4 N–H and O–H groups in total. The number of aromatic nitrogens is 4. The van der Waals surface area contributed by atoms with Crippen LogP contribution in [-0.2, 0) is 6.54 Å². The third kappa shape index (κ3) is 5.26. The highest BCUT2D eigenvalue weighted by molar-refractivity contribution is 6.05. The van der Waals surface area contributed by atoms with Gasteiger partial charge < -0.3 is 21.3 Å². The molecular formula is C28H28N8O. The SMILES string of the molecule is Cc1nc2cc(CN(C)C)ccn2c1-c1ccnc(Nc2ccc(C(=O)Nc3ccccc3N)cc2)n1. The first kappa shape index (κ1) is 24.0. The Morgan fingerprint density at radius 2 is 1.81 bits per heavy atom. The molecular weight excluding hydrogens is 464 g/mol. The van der Waals surface area contributed by atoms with Gasteiger partial charge in [0.1, 0.15) is 5.65 Å². The maximum absolute atomic E-state index is 12.6. The fourth-order valence-electron chi connectivity index (χ4n) is 4.17. The molecule has 1 amide bonds. The van der Waals surface area contributed by atoms with Gasteiger partial charge >= 0.3 is 0 Å². The molecule has 0 bridgehead atoms. The molecule has 0 saturated carbocycles. The summed E-state index contributed by atoms with van der Waals surface area (Å²) in [5, 5.41) is 6.05. The van der Waals surface area contributed by atoms with Crippen molar-refractivity contribution in [3.8, 4) is 11.4 Å². The Morgan fingerprint density at radius 1 is 1.03 bits per heavy atom. The monoisotopic (exact) mass is 492 g/mol. The van der Waals surface area contributed by atoms with E-state index in [1.807, 2.05) is 61.9 Å². The maximum atomic E-state index is 12.6. The lowest BCUT2D eigenvalue weighted by Gasteiger charge is -2.11. The first-order valence-corrected chi connectivity index (χ1v) is 11.9. The number of carbonyl (C=O) groups is 1. The van der Waals surface area contributed by atoms with Gasteiger partial charge in [-0.05, 0) is 81.2 Å². The summed E-state index contributed by atoms with van der Waals surface area (Å²) in [5.74, 6) is 0.213. The van der Waals surface area contributed by atoms with Crippen molar-refractivity contribution in [2.75, 3.05) is 30.5 Å². The number of anilines is 4. The van der Waals surface area contributed by atoms with Gasteiger partial charge in [-0.2, -0.15) is 0 Å². The Kier molecular flexibility index (Phi) is 6.53. The van der Waals surface area contributed by atoms with Gasteiger partial charge in [-0.25, -0.2) is 15.0 Å². The number of rotatable bonds is 7. The van der Waals surface area contributed by atoms with Gasteiger partial charge in [0.2, 0.25) is 5.95 Å². The van der Waals surface area contributed by atoms with Crippen molar-refractivity contribution in [2.45, 2.75) is 13.5 Å².